The van der Waals surface area contributed by atoms with Crippen molar-refractivity contribution in [1.82, 2.24) is 9.97 Å². The summed E-state index contributed by atoms with van der Waals surface area (Å²) in [6.45, 7) is 5.06. The Morgan fingerprint density at radius 1 is 1.29 bits per heavy atom. The maximum absolute atomic E-state index is 4.80. The molecule has 3 nitrogen and oxygen atoms in total. The number of nitrogens with zero attached hydrogens (tertiary/aromatic N) is 2. The number of nitrogens with one attached hydrogen (secondary N) is 1. The van der Waals surface area contributed by atoms with Crippen LogP contribution in [-0.2, 0) is 0 Å². The van der Waals surface area contributed by atoms with Crippen molar-refractivity contribution < 1.29 is 0 Å². The van der Waals surface area contributed by atoms with Crippen molar-refractivity contribution in [2.75, 3.05) is 11.9 Å². The van der Waals surface area contributed by atoms with Gasteiger partial charge >= 0.3 is 0 Å². The highest BCUT2D eigenvalue weighted by atomic mass is 79.9. The van der Waals surface area contributed by atoms with Crippen molar-refractivity contribution in [1.29, 1.82) is 0 Å². The lowest BCUT2D eigenvalue weighted by Gasteiger charge is -2.13. The fourth-order valence-corrected chi connectivity index (χ4v) is 3.54. The van der Waals surface area contributed by atoms with Crippen LogP contribution in [0.15, 0.2) is 38.7 Å². The molecule has 1 saturated carbocycles. The molecule has 1 aromatic carbocycles. The molecule has 2 aromatic rings. The molecule has 3 rings (SSSR count). The molecule has 1 aromatic heterocycles. The van der Waals surface area contributed by atoms with E-state index in [4.69, 9.17) is 9.97 Å². The van der Waals surface area contributed by atoms with Gasteiger partial charge in [-0.1, -0.05) is 23.9 Å². The highest BCUT2D eigenvalue weighted by molar-refractivity contribution is 9.10. The molecule has 1 N–H and O–H groups in total. The highest BCUT2D eigenvalue weighted by Crippen LogP contribution is 2.41. The minimum atomic E-state index is 0.557. The normalized spacial score (nSPS) is 14.2. The quantitative estimate of drug-likeness (QED) is 0.757. The van der Waals surface area contributed by atoms with Gasteiger partial charge in [0.25, 0.3) is 0 Å². The van der Waals surface area contributed by atoms with Crippen LogP contribution in [-0.4, -0.2) is 16.5 Å². The molecule has 0 bridgehead atoms. The molecular weight excluding hydrogens is 346 g/mol. The van der Waals surface area contributed by atoms with Crippen molar-refractivity contribution >= 4 is 33.5 Å². The standard InChI is InChI=1S/C16H18BrN3S/c1-3-18-14-10(2)16(20-15(19-14)11-8-9-11)21-13-7-5-4-6-12(13)17/h4-7,11H,3,8-9H2,1-2H3,(H,18,19,20). The number of benzene rings is 1. The third-order valence-electron chi connectivity index (χ3n) is 3.45. The Hall–Kier alpha value is -1.07. The summed E-state index contributed by atoms with van der Waals surface area (Å²) in [6, 6.07) is 8.25. The summed E-state index contributed by atoms with van der Waals surface area (Å²) in [5.41, 5.74) is 1.13. The van der Waals surface area contributed by atoms with Crippen molar-refractivity contribution in [2.45, 2.75) is 42.5 Å². The van der Waals surface area contributed by atoms with Crippen LogP contribution in [0.1, 0.15) is 37.1 Å². The van der Waals surface area contributed by atoms with E-state index in [0.717, 1.165) is 33.2 Å². The van der Waals surface area contributed by atoms with Crippen LogP contribution in [0, 0.1) is 6.92 Å². The first kappa shape index (κ1) is 14.9. The van der Waals surface area contributed by atoms with E-state index in [9.17, 15) is 0 Å². The largest absolute Gasteiger partial charge is 0.370 e. The topological polar surface area (TPSA) is 37.8 Å². The lowest BCUT2D eigenvalue weighted by molar-refractivity contribution is 0.861. The van der Waals surface area contributed by atoms with Crippen LogP contribution < -0.4 is 5.32 Å². The molecule has 0 unspecified atom stereocenters. The molecule has 0 saturated heterocycles. The van der Waals surface area contributed by atoms with Gasteiger partial charge in [0.2, 0.25) is 0 Å². The Morgan fingerprint density at radius 2 is 2.05 bits per heavy atom. The predicted molar refractivity (Wildman–Crippen MR) is 91.2 cm³/mol. The Labute approximate surface area is 138 Å². The summed E-state index contributed by atoms with van der Waals surface area (Å²) in [5, 5.41) is 4.41. The van der Waals surface area contributed by atoms with Gasteiger partial charge in [0.15, 0.2) is 0 Å². The van der Waals surface area contributed by atoms with Crippen molar-refractivity contribution in [3.63, 3.8) is 0 Å². The highest BCUT2D eigenvalue weighted by Gasteiger charge is 2.28. The second kappa shape index (κ2) is 6.36. The molecule has 0 aliphatic heterocycles. The van der Waals surface area contributed by atoms with Gasteiger partial charge < -0.3 is 5.32 Å². The average molecular weight is 364 g/mol. The van der Waals surface area contributed by atoms with Gasteiger partial charge in [-0.05, 0) is 54.8 Å². The smallest absolute Gasteiger partial charge is 0.135 e. The molecule has 1 aliphatic carbocycles. The number of rotatable bonds is 5. The van der Waals surface area contributed by atoms with Gasteiger partial charge in [0.1, 0.15) is 16.7 Å². The molecule has 5 heteroatoms. The van der Waals surface area contributed by atoms with Gasteiger partial charge in [-0.3, -0.25) is 0 Å². The first-order valence-electron chi connectivity index (χ1n) is 7.23. The van der Waals surface area contributed by atoms with Gasteiger partial charge in [0.05, 0.1) is 0 Å². The van der Waals surface area contributed by atoms with E-state index in [-0.39, 0.29) is 0 Å². The van der Waals surface area contributed by atoms with Gasteiger partial charge in [0, 0.05) is 27.4 Å². The van der Waals surface area contributed by atoms with E-state index in [2.05, 4.69) is 53.3 Å². The van der Waals surface area contributed by atoms with Crippen molar-refractivity contribution in [3.8, 4) is 0 Å². The molecular formula is C16H18BrN3S. The summed E-state index contributed by atoms with van der Waals surface area (Å²) >= 11 is 5.31. The molecule has 0 spiro atoms. The number of hydrogen-bond donors (Lipinski definition) is 1. The van der Waals surface area contributed by atoms with Gasteiger partial charge in [-0.15, -0.1) is 0 Å². The van der Waals surface area contributed by atoms with E-state index in [1.165, 1.54) is 17.7 Å². The molecule has 0 atom stereocenters. The zero-order valence-electron chi connectivity index (χ0n) is 12.2. The van der Waals surface area contributed by atoms with Crippen LogP contribution in [0.5, 0.6) is 0 Å². The molecule has 1 heterocycles. The molecule has 0 amide bonds. The molecule has 0 radical (unpaired) electrons. The molecule has 110 valence electrons. The van der Waals surface area contributed by atoms with Crippen LogP contribution in [0.25, 0.3) is 0 Å². The second-order valence-electron chi connectivity index (χ2n) is 5.20. The van der Waals surface area contributed by atoms with E-state index in [0.29, 0.717) is 5.92 Å². The molecule has 1 fully saturated rings. The van der Waals surface area contributed by atoms with Crippen LogP contribution in [0.2, 0.25) is 0 Å². The van der Waals surface area contributed by atoms with Gasteiger partial charge in [-0.2, -0.15) is 0 Å². The monoisotopic (exact) mass is 363 g/mol. The maximum Gasteiger partial charge on any atom is 0.135 e. The summed E-state index contributed by atoms with van der Waals surface area (Å²) in [6.07, 6.45) is 2.43. The van der Waals surface area contributed by atoms with Crippen molar-refractivity contribution in [3.05, 3.63) is 40.1 Å². The zero-order chi connectivity index (χ0) is 14.8. The average Bonchev–Trinajstić information content (AvgIpc) is 3.30. The van der Waals surface area contributed by atoms with E-state index < -0.39 is 0 Å². The first-order chi connectivity index (χ1) is 10.2. The molecule has 1 aliphatic rings. The first-order valence-corrected chi connectivity index (χ1v) is 8.84. The van der Waals surface area contributed by atoms with E-state index in [1.807, 2.05) is 6.07 Å². The zero-order valence-corrected chi connectivity index (χ0v) is 14.6. The number of aromatic nitrogens is 2. The number of halogens is 1. The van der Waals surface area contributed by atoms with Crippen LogP contribution in [0.4, 0.5) is 5.82 Å². The fourth-order valence-electron chi connectivity index (χ4n) is 2.11. The summed E-state index contributed by atoms with van der Waals surface area (Å²) < 4.78 is 1.10. The molecule has 21 heavy (non-hydrogen) atoms. The third kappa shape index (κ3) is 3.40. The lowest BCUT2D eigenvalue weighted by atomic mass is 10.3. The van der Waals surface area contributed by atoms with Gasteiger partial charge in [-0.25, -0.2) is 9.97 Å². The summed E-state index contributed by atoms with van der Waals surface area (Å²) in [7, 11) is 0. The number of hydrogen-bond acceptors (Lipinski definition) is 4. The second-order valence-corrected chi connectivity index (χ2v) is 7.08. The summed E-state index contributed by atoms with van der Waals surface area (Å²) in [4.78, 5) is 10.7. The fraction of sp³-hybridized carbons (Fsp3) is 0.375. The van der Waals surface area contributed by atoms with Crippen LogP contribution >= 0.6 is 27.7 Å². The van der Waals surface area contributed by atoms with Crippen LogP contribution in [0.3, 0.4) is 0 Å². The Balaban J connectivity index is 1.98. The van der Waals surface area contributed by atoms with E-state index >= 15 is 0 Å². The van der Waals surface area contributed by atoms with E-state index in [1.54, 1.807) is 11.8 Å². The Morgan fingerprint density at radius 3 is 2.71 bits per heavy atom. The minimum absolute atomic E-state index is 0.557. The lowest BCUT2D eigenvalue weighted by Crippen LogP contribution is -2.07. The third-order valence-corrected chi connectivity index (χ3v) is 5.57. The SMILES string of the molecule is CCNc1nc(C2CC2)nc(Sc2ccccc2Br)c1C. The predicted octanol–water partition coefficient (Wildman–Crippen LogP) is 5.01. The minimum Gasteiger partial charge on any atom is -0.370 e. The maximum atomic E-state index is 4.80. The van der Waals surface area contributed by atoms with Crippen molar-refractivity contribution in [2.24, 2.45) is 0 Å². The Bertz CT molecular complexity index is 656. The summed E-state index contributed by atoms with van der Waals surface area (Å²) in [5.74, 6) is 2.52. The Kier molecular flexibility index (Phi) is 4.50. The number of anilines is 1.